The van der Waals surface area contributed by atoms with Crippen molar-refractivity contribution in [1.82, 2.24) is 0 Å². The first-order chi connectivity index (χ1) is 7.38. The number of phenolic OH excluding ortho intramolecular Hbond substituents is 1. The molecule has 0 saturated carbocycles. The fourth-order valence-electron chi connectivity index (χ4n) is 1.24. The van der Waals surface area contributed by atoms with Gasteiger partial charge in [0.2, 0.25) is 0 Å². The van der Waals surface area contributed by atoms with E-state index in [1.54, 1.807) is 6.92 Å². The molecule has 0 saturated heterocycles. The third kappa shape index (κ3) is 3.67. The highest BCUT2D eigenvalue weighted by molar-refractivity contribution is 5.85. The van der Waals surface area contributed by atoms with Gasteiger partial charge in [0.25, 0.3) is 0 Å². The van der Waals surface area contributed by atoms with E-state index in [9.17, 15) is 18.3 Å². The van der Waals surface area contributed by atoms with Gasteiger partial charge in [-0.3, -0.25) is 0 Å². The van der Waals surface area contributed by atoms with Gasteiger partial charge in [-0.25, -0.2) is 0 Å². The van der Waals surface area contributed by atoms with Crippen LogP contribution in [0.5, 0.6) is 11.5 Å². The minimum atomic E-state index is -4.59. The molecule has 0 aliphatic carbocycles. The number of ether oxygens (including phenoxy) is 1. The maximum absolute atomic E-state index is 12.4. The molecule has 3 nitrogen and oxygen atoms in total. The Balaban J connectivity index is 0.00000256. The molecule has 0 aliphatic rings. The first-order valence-electron chi connectivity index (χ1n) is 4.65. The highest BCUT2D eigenvalue weighted by Gasteiger charge is 2.39. The summed E-state index contributed by atoms with van der Waals surface area (Å²) in [5.74, 6) is -0.561. The van der Waals surface area contributed by atoms with Crippen LogP contribution < -0.4 is 10.5 Å². The number of rotatable bonds is 3. The second-order valence-electron chi connectivity index (χ2n) is 3.15. The zero-order valence-electron chi connectivity index (χ0n) is 8.99. The van der Waals surface area contributed by atoms with E-state index in [2.05, 4.69) is 0 Å². The molecule has 0 bridgehead atoms. The average molecular weight is 272 g/mol. The van der Waals surface area contributed by atoms with E-state index in [1.807, 2.05) is 0 Å². The van der Waals surface area contributed by atoms with E-state index in [1.165, 1.54) is 12.1 Å². The first kappa shape index (κ1) is 15.9. The van der Waals surface area contributed by atoms with Crippen LogP contribution >= 0.6 is 12.4 Å². The number of hydrogen-bond donors (Lipinski definition) is 2. The van der Waals surface area contributed by atoms with Crippen molar-refractivity contribution >= 4 is 12.4 Å². The van der Waals surface area contributed by atoms with Crippen LogP contribution in [0.3, 0.4) is 0 Å². The van der Waals surface area contributed by atoms with Gasteiger partial charge >= 0.3 is 6.18 Å². The van der Waals surface area contributed by atoms with Gasteiger partial charge in [-0.1, -0.05) is 12.1 Å². The lowest BCUT2D eigenvalue weighted by Gasteiger charge is -2.18. The zero-order valence-corrected chi connectivity index (χ0v) is 9.81. The standard InChI is InChI=1S/C10H12F3NO2.ClH/c1-2-16-7-5-3-4-6(8(7)15)9(14)10(11,12)13;/h3-5,9,15H,2,14H2,1H3;1H/t9-;/m0./s1. The number of aromatic hydroxyl groups is 1. The van der Waals surface area contributed by atoms with Crippen molar-refractivity contribution in [3.05, 3.63) is 23.8 Å². The Hall–Kier alpha value is -1.14. The Labute approximate surface area is 103 Å². The van der Waals surface area contributed by atoms with E-state index < -0.39 is 23.5 Å². The molecule has 0 radical (unpaired) electrons. The zero-order chi connectivity index (χ0) is 12.3. The minimum absolute atomic E-state index is 0. The number of halogens is 4. The molecule has 17 heavy (non-hydrogen) atoms. The first-order valence-corrected chi connectivity index (χ1v) is 4.65. The van der Waals surface area contributed by atoms with E-state index in [4.69, 9.17) is 10.5 Å². The molecule has 0 heterocycles. The van der Waals surface area contributed by atoms with Crippen molar-refractivity contribution in [3.63, 3.8) is 0 Å². The van der Waals surface area contributed by atoms with Crippen LogP contribution in [-0.4, -0.2) is 17.9 Å². The maximum Gasteiger partial charge on any atom is 0.407 e. The van der Waals surface area contributed by atoms with E-state index in [0.29, 0.717) is 0 Å². The summed E-state index contributed by atoms with van der Waals surface area (Å²) in [5.41, 5.74) is 4.61. The van der Waals surface area contributed by atoms with Gasteiger partial charge < -0.3 is 15.6 Å². The number of hydrogen-bond acceptors (Lipinski definition) is 3. The predicted octanol–water partition coefficient (Wildman–Crippen LogP) is 2.77. The lowest BCUT2D eigenvalue weighted by Crippen LogP contribution is -2.28. The van der Waals surface area contributed by atoms with Crippen molar-refractivity contribution in [2.75, 3.05) is 6.61 Å². The fraction of sp³-hybridized carbons (Fsp3) is 0.400. The average Bonchev–Trinajstić information content (AvgIpc) is 2.19. The summed E-state index contributed by atoms with van der Waals surface area (Å²) in [4.78, 5) is 0. The Morgan fingerprint density at radius 3 is 2.47 bits per heavy atom. The van der Waals surface area contributed by atoms with Crippen LogP contribution in [-0.2, 0) is 0 Å². The Bertz CT molecular complexity index is 371. The molecular weight excluding hydrogens is 259 g/mol. The molecule has 0 amide bonds. The van der Waals surface area contributed by atoms with Crippen LogP contribution in [0.4, 0.5) is 13.2 Å². The van der Waals surface area contributed by atoms with Crippen molar-refractivity contribution in [2.45, 2.75) is 19.1 Å². The Kier molecular flexibility index (Phi) is 5.57. The van der Waals surface area contributed by atoms with Gasteiger partial charge in [-0.05, 0) is 13.0 Å². The number of para-hydroxylation sites is 1. The topological polar surface area (TPSA) is 55.5 Å². The summed E-state index contributed by atoms with van der Waals surface area (Å²) < 4.78 is 42.0. The lowest BCUT2D eigenvalue weighted by molar-refractivity contribution is -0.149. The molecule has 3 N–H and O–H groups in total. The molecule has 0 fully saturated rings. The van der Waals surface area contributed by atoms with Crippen molar-refractivity contribution in [2.24, 2.45) is 5.73 Å². The van der Waals surface area contributed by atoms with E-state index in [-0.39, 0.29) is 24.8 Å². The molecule has 1 aromatic rings. The van der Waals surface area contributed by atoms with Crippen molar-refractivity contribution in [3.8, 4) is 11.5 Å². The monoisotopic (exact) mass is 271 g/mol. The van der Waals surface area contributed by atoms with Gasteiger partial charge in [0, 0.05) is 5.56 Å². The van der Waals surface area contributed by atoms with E-state index in [0.717, 1.165) is 6.07 Å². The molecule has 0 aliphatic heterocycles. The smallest absolute Gasteiger partial charge is 0.407 e. The number of benzene rings is 1. The summed E-state index contributed by atoms with van der Waals surface area (Å²) in [6.07, 6.45) is -4.59. The molecular formula is C10H13ClF3NO2. The van der Waals surface area contributed by atoms with Crippen molar-refractivity contribution in [1.29, 1.82) is 0 Å². The number of phenols is 1. The van der Waals surface area contributed by atoms with Crippen LogP contribution in [0, 0.1) is 0 Å². The predicted molar refractivity (Wildman–Crippen MR) is 59.5 cm³/mol. The molecule has 0 aromatic heterocycles. The quantitative estimate of drug-likeness (QED) is 0.889. The number of nitrogens with two attached hydrogens (primary N) is 1. The normalized spacial score (nSPS) is 12.8. The van der Waals surface area contributed by atoms with Crippen LogP contribution in [0.25, 0.3) is 0 Å². The summed E-state index contributed by atoms with van der Waals surface area (Å²) in [6.45, 7) is 1.91. The summed E-state index contributed by atoms with van der Waals surface area (Å²) in [6, 6.07) is 1.64. The van der Waals surface area contributed by atoms with Crippen LogP contribution in [0.1, 0.15) is 18.5 Å². The summed E-state index contributed by atoms with van der Waals surface area (Å²) in [7, 11) is 0. The molecule has 0 spiro atoms. The third-order valence-electron chi connectivity index (χ3n) is 2.02. The molecule has 7 heteroatoms. The molecule has 1 atom stereocenters. The Morgan fingerprint density at radius 1 is 1.41 bits per heavy atom. The molecule has 1 aromatic carbocycles. The highest BCUT2D eigenvalue weighted by Crippen LogP contribution is 2.39. The molecule has 98 valence electrons. The van der Waals surface area contributed by atoms with Gasteiger partial charge in [0.15, 0.2) is 11.5 Å². The minimum Gasteiger partial charge on any atom is -0.504 e. The lowest BCUT2D eigenvalue weighted by atomic mass is 10.1. The van der Waals surface area contributed by atoms with Gasteiger partial charge in [0.1, 0.15) is 6.04 Å². The number of alkyl halides is 3. The van der Waals surface area contributed by atoms with Gasteiger partial charge in [-0.2, -0.15) is 13.2 Å². The molecule has 0 unspecified atom stereocenters. The maximum atomic E-state index is 12.4. The highest BCUT2D eigenvalue weighted by atomic mass is 35.5. The SMILES string of the molecule is CCOc1cccc([C@H](N)C(F)(F)F)c1O.Cl. The van der Waals surface area contributed by atoms with Crippen molar-refractivity contribution < 1.29 is 23.0 Å². The van der Waals surface area contributed by atoms with E-state index >= 15 is 0 Å². The third-order valence-corrected chi connectivity index (χ3v) is 2.02. The summed E-state index contributed by atoms with van der Waals surface area (Å²) in [5, 5.41) is 9.55. The molecule has 1 rings (SSSR count). The summed E-state index contributed by atoms with van der Waals surface area (Å²) >= 11 is 0. The van der Waals surface area contributed by atoms with Gasteiger partial charge in [-0.15, -0.1) is 12.4 Å². The largest absolute Gasteiger partial charge is 0.504 e. The van der Waals surface area contributed by atoms with Gasteiger partial charge in [0.05, 0.1) is 6.61 Å². The second-order valence-corrected chi connectivity index (χ2v) is 3.15. The fourth-order valence-corrected chi connectivity index (χ4v) is 1.24. The second kappa shape index (κ2) is 5.97. The van der Waals surface area contributed by atoms with Crippen LogP contribution in [0.15, 0.2) is 18.2 Å². The van der Waals surface area contributed by atoms with Crippen LogP contribution in [0.2, 0.25) is 0 Å². The Morgan fingerprint density at radius 2 is 2.00 bits per heavy atom.